The summed E-state index contributed by atoms with van der Waals surface area (Å²) in [5, 5.41) is 3.31. The number of benzene rings is 1. The number of hydrogen-bond acceptors (Lipinski definition) is 4. The maximum absolute atomic E-state index is 13.7. The Morgan fingerprint density at radius 1 is 1.37 bits per heavy atom. The van der Waals surface area contributed by atoms with Crippen molar-refractivity contribution in [3.8, 4) is 5.75 Å². The lowest BCUT2D eigenvalue weighted by Crippen LogP contribution is -2.50. The average molecular weight is 267 g/mol. The van der Waals surface area contributed by atoms with Crippen molar-refractivity contribution in [2.24, 2.45) is 5.73 Å². The van der Waals surface area contributed by atoms with Crippen LogP contribution in [-0.2, 0) is 0 Å². The standard InChI is InChI=1S/C14H22FN3O/c1-10(18-7-5-17-6-8-18)14(16)11-3-4-13(19-2)12(15)9-11/h3-4,9-10,14,17H,5-8,16H2,1-2H3. The minimum absolute atomic E-state index is 0.190. The molecule has 106 valence electrons. The van der Waals surface area contributed by atoms with Crippen molar-refractivity contribution in [2.75, 3.05) is 33.3 Å². The van der Waals surface area contributed by atoms with Crippen LogP contribution in [0.15, 0.2) is 18.2 Å². The number of halogens is 1. The van der Waals surface area contributed by atoms with Crippen LogP contribution in [0, 0.1) is 5.82 Å². The van der Waals surface area contributed by atoms with Gasteiger partial charge in [0.15, 0.2) is 11.6 Å². The molecule has 0 aliphatic carbocycles. The van der Waals surface area contributed by atoms with Crippen molar-refractivity contribution in [3.63, 3.8) is 0 Å². The van der Waals surface area contributed by atoms with Gasteiger partial charge in [0.05, 0.1) is 7.11 Å². The van der Waals surface area contributed by atoms with Gasteiger partial charge in [-0.3, -0.25) is 4.90 Å². The van der Waals surface area contributed by atoms with E-state index in [1.165, 1.54) is 13.2 Å². The van der Waals surface area contributed by atoms with Gasteiger partial charge in [-0.1, -0.05) is 6.07 Å². The Kier molecular flexibility index (Phi) is 4.74. The fourth-order valence-electron chi connectivity index (χ4n) is 2.49. The van der Waals surface area contributed by atoms with E-state index in [0.717, 1.165) is 31.7 Å². The van der Waals surface area contributed by atoms with Crippen molar-refractivity contribution in [1.82, 2.24) is 10.2 Å². The number of nitrogens with one attached hydrogen (secondary N) is 1. The number of nitrogens with zero attached hydrogens (tertiary/aromatic N) is 1. The van der Waals surface area contributed by atoms with E-state index in [9.17, 15) is 4.39 Å². The number of ether oxygens (including phenoxy) is 1. The van der Waals surface area contributed by atoms with Crippen LogP contribution in [0.5, 0.6) is 5.75 Å². The molecular weight excluding hydrogens is 245 g/mol. The Morgan fingerprint density at radius 3 is 2.63 bits per heavy atom. The number of hydrogen-bond donors (Lipinski definition) is 2. The minimum Gasteiger partial charge on any atom is -0.494 e. The van der Waals surface area contributed by atoms with Crippen LogP contribution in [0.25, 0.3) is 0 Å². The monoisotopic (exact) mass is 267 g/mol. The van der Waals surface area contributed by atoms with Gasteiger partial charge in [-0.05, 0) is 24.6 Å². The molecule has 1 aliphatic rings. The molecule has 0 saturated carbocycles. The van der Waals surface area contributed by atoms with Gasteiger partial charge >= 0.3 is 0 Å². The van der Waals surface area contributed by atoms with Crippen LogP contribution < -0.4 is 15.8 Å². The molecule has 0 bridgehead atoms. The van der Waals surface area contributed by atoms with E-state index in [2.05, 4.69) is 17.1 Å². The Hall–Kier alpha value is -1.17. The molecule has 0 aromatic heterocycles. The lowest BCUT2D eigenvalue weighted by molar-refractivity contribution is 0.163. The molecule has 5 heteroatoms. The minimum atomic E-state index is -0.358. The van der Waals surface area contributed by atoms with Gasteiger partial charge < -0.3 is 15.8 Å². The smallest absolute Gasteiger partial charge is 0.165 e. The Labute approximate surface area is 113 Å². The lowest BCUT2D eigenvalue weighted by Gasteiger charge is -2.36. The zero-order valence-electron chi connectivity index (χ0n) is 11.5. The van der Waals surface area contributed by atoms with Crippen LogP contribution in [0.1, 0.15) is 18.5 Å². The largest absolute Gasteiger partial charge is 0.494 e. The fourth-order valence-corrected chi connectivity index (χ4v) is 2.49. The molecule has 19 heavy (non-hydrogen) atoms. The summed E-state index contributed by atoms with van der Waals surface area (Å²) in [6.07, 6.45) is 0. The van der Waals surface area contributed by atoms with Gasteiger partial charge in [0, 0.05) is 38.3 Å². The van der Waals surface area contributed by atoms with E-state index in [4.69, 9.17) is 10.5 Å². The third-order valence-corrected chi connectivity index (χ3v) is 3.81. The molecule has 1 aromatic carbocycles. The Morgan fingerprint density at radius 2 is 2.05 bits per heavy atom. The van der Waals surface area contributed by atoms with Crippen molar-refractivity contribution in [1.29, 1.82) is 0 Å². The first-order chi connectivity index (χ1) is 9.13. The van der Waals surface area contributed by atoms with Gasteiger partial charge in [-0.25, -0.2) is 4.39 Å². The van der Waals surface area contributed by atoms with E-state index in [-0.39, 0.29) is 23.7 Å². The molecule has 2 unspecified atom stereocenters. The van der Waals surface area contributed by atoms with Crippen molar-refractivity contribution < 1.29 is 9.13 Å². The summed E-state index contributed by atoms with van der Waals surface area (Å²) >= 11 is 0. The second-order valence-corrected chi connectivity index (χ2v) is 4.95. The highest BCUT2D eigenvalue weighted by atomic mass is 19.1. The fraction of sp³-hybridized carbons (Fsp3) is 0.571. The number of rotatable bonds is 4. The lowest BCUT2D eigenvalue weighted by atomic mass is 9.99. The summed E-state index contributed by atoms with van der Waals surface area (Å²) < 4.78 is 18.6. The molecule has 1 fully saturated rings. The third kappa shape index (κ3) is 3.23. The van der Waals surface area contributed by atoms with Gasteiger partial charge in [-0.15, -0.1) is 0 Å². The van der Waals surface area contributed by atoms with Crippen molar-refractivity contribution in [3.05, 3.63) is 29.6 Å². The molecule has 0 spiro atoms. The quantitative estimate of drug-likeness (QED) is 0.858. The molecule has 3 N–H and O–H groups in total. The van der Waals surface area contributed by atoms with Gasteiger partial charge in [0.2, 0.25) is 0 Å². The summed E-state index contributed by atoms with van der Waals surface area (Å²) in [5.74, 6) is -0.103. The van der Waals surface area contributed by atoms with Crippen molar-refractivity contribution >= 4 is 0 Å². The van der Waals surface area contributed by atoms with Crippen LogP contribution in [0.4, 0.5) is 4.39 Å². The predicted octanol–water partition coefficient (Wildman–Crippen LogP) is 1.13. The second-order valence-electron chi connectivity index (χ2n) is 4.95. The number of nitrogens with two attached hydrogens (primary N) is 1. The highest BCUT2D eigenvalue weighted by Crippen LogP contribution is 2.24. The first kappa shape index (κ1) is 14.2. The summed E-state index contributed by atoms with van der Waals surface area (Å²) in [4.78, 5) is 2.34. The molecule has 2 atom stereocenters. The summed E-state index contributed by atoms with van der Waals surface area (Å²) in [7, 11) is 1.46. The molecule has 1 saturated heterocycles. The maximum Gasteiger partial charge on any atom is 0.165 e. The molecule has 0 amide bonds. The molecular formula is C14H22FN3O. The number of piperazine rings is 1. The zero-order valence-corrected chi connectivity index (χ0v) is 11.5. The molecule has 2 rings (SSSR count). The first-order valence-electron chi connectivity index (χ1n) is 6.67. The third-order valence-electron chi connectivity index (χ3n) is 3.81. The van der Waals surface area contributed by atoms with Crippen LogP contribution >= 0.6 is 0 Å². The highest BCUT2D eigenvalue weighted by Gasteiger charge is 2.23. The SMILES string of the molecule is COc1ccc(C(N)C(C)N2CCNCC2)cc1F. The molecule has 4 nitrogen and oxygen atoms in total. The summed E-state index contributed by atoms with van der Waals surface area (Å²) in [5.41, 5.74) is 7.07. The molecule has 1 aromatic rings. The normalized spacial score (nSPS) is 20.0. The van der Waals surface area contributed by atoms with Crippen LogP contribution in [-0.4, -0.2) is 44.2 Å². The van der Waals surface area contributed by atoms with Crippen LogP contribution in [0.3, 0.4) is 0 Å². The Bertz CT molecular complexity index is 421. The molecule has 0 radical (unpaired) electrons. The second kappa shape index (κ2) is 6.32. The number of methoxy groups -OCH3 is 1. The predicted molar refractivity (Wildman–Crippen MR) is 73.8 cm³/mol. The Balaban J connectivity index is 2.09. The van der Waals surface area contributed by atoms with E-state index < -0.39 is 0 Å². The zero-order chi connectivity index (χ0) is 13.8. The highest BCUT2D eigenvalue weighted by molar-refractivity contribution is 5.31. The van der Waals surface area contributed by atoms with E-state index in [1.54, 1.807) is 6.07 Å². The van der Waals surface area contributed by atoms with Gasteiger partial charge in [0.25, 0.3) is 0 Å². The summed E-state index contributed by atoms with van der Waals surface area (Å²) in [6, 6.07) is 4.94. The topological polar surface area (TPSA) is 50.5 Å². The van der Waals surface area contributed by atoms with E-state index in [0.29, 0.717) is 0 Å². The first-order valence-corrected chi connectivity index (χ1v) is 6.67. The maximum atomic E-state index is 13.7. The van der Waals surface area contributed by atoms with E-state index >= 15 is 0 Å². The van der Waals surface area contributed by atoms with E-state index in [1.807, 2.05) is 6.07 Å². The van der Waals surface area contributed by atoms with Crippen molar-refractivity contribution in [2.45, 2.75) is 19.0 Å². The molecule has 1 heterocycles. The van der Waals surface area contributed by atoms with Gasteiger partial charge in [-0.2, -0.15) is 0 Å². The van der Waals surface area contributed by atoms with Crippen LogP contribution in [0.2, 0.25) is 0 Å². The molecule has 1 aliphatic heterocycles. The average Bonchev–Trinajstić information content (AvgIpc) is 2.46. The van der Waals surface area contributed by atoms with Gasteiger partial charge in [0.1, 0.15) is 0 Å². The summed E-state index contributed by atoms with van der Waals surface area (Å²) in [6.45, 7) is 6.02.